The van der Waals surface area contributed by atoms with E-state index in [0.29, 0.717) is 17.2 Å². The maximum atomic E-state index is 12.6. The van der Waals surface area contributed by atoms with E-state index in [9.17, 15) is 19.5 Å². The molecule has 3 rings (SSSR count). The Labute approximate surface area is 162 Å². The summed E-state index contributed by atoms with van der Waals surface area (Å²) in [6, 6.07) is 2.92. The molecule has 0 aromatic heterocycles. The molecule has 0 aliphatic heterocycles. The number of aliphatic carboxylic acids is 1. The molecule has 0 radical (unpaired) electrons. The number of rotatable bonds is 6. The second-order valence-corrected chi connectivity index (χ2v) is 7.08. The van der Waals surface area contributed by atoms with E-state index in [1.807, 2.05) is 0 Å². The maximum Gasteiger partial charge on any atom is 0.307 e. The summed E-state index contributed by atoms with van der Waals surface area (Å²) in [7, 11) is 4.32. The lowest BCUT2D eigenvalue weighted by atomic mass is 9.79. The third-order valence-corrected chi connectivity index (χ3v) is 5.73. The van der Waals surface area contributed by atoms with Crippen LogP contribution in [0.4, 0.5) is 0 Å². The normalized spacial score (nSPS) is 25.1. The van der Waals surface area contributed by atoms with Crippen molar-refractivity contribution in [1.82, 2.24) is 10.9 Å². The molecule has 152 valence electrons. The molecule has 2 aliphatic carbocycles. The topological polar surface area (TPSA) is 123 Å². The molecule has 2 amide bonds. The standard InChI is InChI=1S/C19H24N2O7/c1-26-12-7-11(8-13(27-2)16(12)28-3)17(22)20-21-18(23)14-9-4-5-10(6-9)15(14)19(24)25/h7-10,14-15H,4-6H2,1-3H3,(H,20,22)(H,21,23)(H,24,25)/t9-,10-,14+,15-/m0/s1. The van der Waals surface area contributed by atoms with Crippen LogP contribution in [0.5, 0.6) is 17.2 Å². The van der Waals surface area contributed by atoms with E-state index in [0.717, 1.165) is 19.3 Å². The Morgan fingerprint density at radius 2 is 1.50 bits per heavy atom. The first-order chi connectivity index (χ1) is 13.4. The third-order valence-electron chi connectivity index (χ3n) is 5.73. The Morgan fingerprint density at radius 3 is 2.00 bits per heavy atom. The maximum absolute atomic E-state index is 12.6. The number of benzene rings is 1. The third kappa shape index (κ3) is 3.44. The number of ether oxygens (including phenoxy) is 3. The molecule has 2 fully saturated rings. The van der Waals surface area contributed by atoms with E-state index in [1.54, 1.807) is 0 Å². The minimum atomic E-state index is -0.955. The summed E-state index contributed by atoms with van der Waals surface area (Å²) < 4.78 is 15.6. The Morgan fingerprint density at radius 1 is 0.929 bits per heavy atom. The molecular weight excluding hydrogens is 368 g/mol. The van der Waals surface area contributed by atoms with E-state index < -0.39 is 29.6 Å². The number of hydrogen-bond donors (Lipinski definition) is 3. The Kier molecular flexibility index (Phi) is 5.62. The van der Waals surface area contributed by atoms with Crippen LogP contribution in [0.1, 0.15) is 29.6 Å². The second kappa shape index (κ2) is 7.95. The number of methoxy groups -OCH3 is 3. The molecule has 9 heteroatoms. The van der Waals surface area contributed by atoms with Crippen LogP contribution in [-0.4, -0.2) is 44.2 Å². The molecule has 0 spiro atoms. The highest BCUT2D eigenvalue weighted by molar-refractivity contribution is 5.97. The van der Waals surface area contributed by atoms with E-state index >= 15 is 0 Å². The molecule has 0 saturated heterocycles. The van der Waals surface area contributed by atoms with Crippen molar-refractivity contribution in [3.63, 3.8) is 0 Å². The number of nitrogens with one attached hydrogen (secondary N) is 2. The highest BCUT2D eigenvalue weighted by Crippen LogP contribution is 2.52. The number of hydrogen-bond acceptors (Lipinski definition) is 6. The SMILES string of the molecule is COc1cc(C(=O)NNC(=O)[C@@H]2[C@H]3CC[C@@H](C3)[C@@H]2C(=O)O)cc(OC)c1OC. The predicted molar refractivity (Wildman–Crippen MR) is 97.2 cm³/mol. The van der Waals surface area contributed by atoms with Gasteiger partial charge in [0, 0.05) is 5.56 Å². The molecule has 2 bridgehead atoms. The fraction of sp³-hybridized carbons (Fsp3) is 0.526. The molecule has 2 saturated carbocycles. The first kappa shape index (κ1) is 19.8. The summed E-state index contributed by atoms with van der Waals surface area (Å²) in [4.78, 5) is 36.6. The van der Waals surface area contributed by atoms with Gasteiger partial charge >= 0.3 is 5.97 Å². The summed E-state index contributed by atoms with van der Waals surface area (Å²) in [6.07, 6.45) is 2.42. The van der Waals surface area contributed by atoms with Crippen LogP contribution in [0.3, 0.4) is 0 Å². The van der Waals surface area contributed by atoms with Crippen molar-refractivity contribution in [3.05, 3.63) is 17.7 Å². The number of hydrazine groups is 1. The van der Waals surface area contributed by atoms with Crippen molar-refractivity contribution in [2.24, 2.45) is 23.7 Å². The van der Waals surface area contributed by atoms with Crippen molar-refractivity contribution < 1.29 is 33.7 Å². The molecule has 3 N–H and O–H groups in total. The van der Waals surface area contributed by atoms with Crippen molar-refractivity contribution in [2.45, 2.75) is 19.3 Å². The van der Waals surface area contributed by atoms with Gasteiger partial charge in [-0.3, -0.25) is 25.2 Å². The highest BCUT2D eigenvalue weighted by atomic mass is 16.5. The Balaban J connectivity index is 1.70. The zero-order valence-electron chi connectivity index (χ0n) is 16.0. The fourth-order valence-electron chi connectivity index (χ4n) is 4.51. The van der Waals surface area contributed by atoms with Crippen LogP contribution in [0, 0.1) is 23.7 Å². The van der Waals surface area contributed by atoms with Gasteiger partial charge in [0.2, 0.25) is 11.7 Å². The lowest BCUT2D eigenvalue weighted by Gasteiger charge is -2.27. The zero-order valence-corrected chi connectivity index (χ0v) is 16.0. The number of carbonyl (C=O) groups is 3. The average Bonchev–Trinajstić information content (AvgIpc) is 3.32. The van der Waals surface area contributed by atoms with Gasteiger partial charge in [0.25, 0.3) is 5.91 Å². The quantitative estimate of drug-likeness (QED) is 0.622. The number of fused-ring (bicyclic) bond motifs is 2. The number of carboxylic acid groups (broad SMARTS) is 1. The van der Waals surface area contributed by atoms with Gasteiger partial charge < -0.3 is 19.3 Å². The van der Waals surface area contributed by atoms with Crippen molar-refractivity contribution in [1.29, 1.82) is 0 Å². The van der Waals surface area contributed by atoms with Crippen LogP contribution in [0.2, 0.25) is 0 Å². The fourth-order valence-corrected chi connectivity index (χ4v) is 4.51. The summed E-state index contributed by atoms with van der Waals surface area (Å²) in [6.45, 7) is 0. The summed E-state index contributed by atoms with van der Waals surface area (Å²) in [5.41, 5.74) is 4.92. The number of carboxylic acids is 1. The molecule has 0 heterocycles. The van der Waals surface area contributed by atoms with Crippen molar-refractivity contribution in [2.75, 3.05) is 21.3 Å². The molecule has 1 aromatic rings. The van der Waals surface area contributed by atoms with Crippen LogP contribution < -0.4 is 25.1 Å². The Hall–Kier alpha value is -2.97. The van der Waals surface area contributed by atoms with Gasteiger partial charge in [0.15, 0.2) is 11.5 Å². The summed E-state index contributed by atoms with van der Waals surface area (Å²) >= 11 is 0. The second-order valence-electron chi connectivity index (χ2n) is 7.08. The van der Waals surface area contributed by atoms with E-state index in [2.05, 4.69) is 10.9 Å². The van der Waals surface area contributed by atoms with Gasteiger partial charge in [0.05, 0.1) is 33.2 Å². The van der Waals surface area contributed by atoms with Gasteiger partial charge in [0.1, 0.15) is 0 Å². The average molecular weight is 392 g/mol. The van der Waals surface area contributed by atoms with E-state index in [4.69, 9.17) is 14.2 Å². The minimum absolute atomic E-state index is 0.0315. The molecule has 2 aliphatic rings. The summed E-state index contributed by atoms with van der Waals surface area (Å²) in [5, 5.41) is 9.47. The van der Waals surface area contributed by atoms with Crippen molar-refractivity contribution >= 4 is 17.8 Å². The highest BCUT2D eigenvalue weighted by Gasteiger charge is 2.54. The molecular formula is C19H24N2O7. The van der Waals surface area contributed by atoms with Crippen molar-refractivity contribution in [3.8, 4) is 17.2 Å². The number of amides is 2. The Bertz CT molecular complexity index is 769. The van der Waals surface area contributed by atoms with Crippen LogP contribution in [0.15, 0.2) is 12.1 Å². The number of carbonyl (C=O) groups excluding carboxylic acids is 2. The van der Waals surface area contributed by atoms with E-state index in [1.165, 1.54) is 33.5 Å². The molecule has 1 aromatic carbocycles. The smallest absolute Gasteiger partial charge is 0.307 e. The lowest BCUT2D eigenvalue weighted by molar-refractivity contribution is -0.149. The zero-order chi connectivity index (χ0) is 20.4. The largest absolute Gasteiger partial charge is 0.493 e. The lowest BCUT2D eigenvalue weighted by Crippen LogP contribution is -2.48. The van der Waals surface area contributed by atoms with Gasteiger partial charge in [-0.25, -0.2) is 0 Å². The van der Waals surface area contributed by atoms with Gasteiger partial charge in [-0.2, -0.15) is 0 Å². The van der Waals surface area contributed by atoms with Gasteiger partial charge in [-0.05, 0) is 43.2 Å². The van der Waals surface area contributed by atoms with Gasteiger partial charge in [-0.1, -0.05) is 0 Å². The predicted octanol–water partition coefficient (Wildman–Crippen LogP) is 1.22. The van der Waals surface area contributed by atoms with Gasteiger partial charge in [-0.15, -0.1) is 0 Å². The monoisotopic (exact) mass is 392 g/mol. The molecule has 28 heavy (non-hydrogen) atoms. The van der Waals surface area contributed by atoms with Crippen LogP contribution in [-0.2, 0) is 9.59 Å². The first-order valence-electron chi connectivity index (χ1n) is 9.04. The minimum Gasteiger partial charge on any atom is -0.493 e. The van der Waals surface area contributed by atoms with E-state index in [-0.39, 0.29) is 17.4 Å². The molecule has 0 unspecified atom stereocenters. The van der Waals surface area contributed by atoms with Crippen LogP contribution >= 0.6 is 0 Å². The molecule has 4 atom stereocenters. The molecule has 9 nitrogen and oxygen atoms in total. The summed E-state index contributed by atoms with van der Waals surface area (Å²) in [5.74, 6) is -2.31. The van der Waals surface area contributed by atoms with Crippen LogP contribution in [0.25, 0.3) is 0 Å². The first-order valence-corrected chi connectivity index (χ1v) is 9.04.